The second kappa shape index (κ2) is 13.7. The van der Waals surface area contributed by atoms with Crippen molar-refractivity contribution in [3.63, 3.8) is 0 Å². The van der Waals surface area contributed by atoms with Crippen LogP contribution in [0.4, 0.5) is 0 Å². The van der Waals surface area contributed by atoms with E-state index in [9.17, 15) is 0 Å². The molecule has 13 rings (SSSR count). The number of benzene rings is 11. The van der Waals surface area contributed by atoms with Gasteiger partial charge < -0.3 is 0 Å². The SMILES string of the molecule is c1ccc(-c2c(-c3ccccc3)c3ccc(-c4cc5ccccc5c5cc6ccccc6cc45)nc3c3nc(-c4cc5ccccc5c5cc6ccccc6cc45)ccc23)cc1. The molecule has 286 valence electrons. The van der Waals surface area contributed by atoms with Gasteiger partial charge in [0, 0.05) is 21.9 Å². The zero-order valence-corrected chi connectivity index (χ0v) is 33.7. The lowest BCUT2D eigenvalue weighted by molar-refractivity contribution is 1.37. The summed E-state index contributed by atoms with van der Waals surface area (Å²) in [6.45, 7) is 0. The minimum absolute atomic E-state index is 0.885. The predicted molar refractivity (Wildman–Crippen MR) is 264 cm³/mol. The minimum Gasteiger partial charge on any atom is -0.245 e. The summed E-state index contributed by atoms with van der Waals surface area (Å²) in [6, 6.07) is 79.3. The molecule has 0 N–H and O–H groups in total. The molecular weight excluding hydrogens is 749 g/mol. The van der Waals surface area contributed by atoms with Crippen LogP contribution in [0.3, 0.4) is 0 Å². The number of fused-ring (bicyclic) bond motifs is 11. The predicted octanol–water partition coefficient (Wildman–Crippen LogP) is 16.4. The van der Waals surface area contributed by atoms with Crippen molar-refractivity contribution in [3.05, 3.63) is 218 Å². The summed E-state index contributed by atoms with van der Waals surface area (Å²) in [7, 11) is 0. The van der Waals surface area contributed by atoms with Crippen molar-refractivity contribution < 1.29 is 0 Å². The van der Waals surface area contributed by atoms with Crippen LogP contribution in [0.2, 0.25) is 0 Å². The van der Waals surface area contributed by atoms with E-state index in [0.29, 0.717) is 0 Å². The van der Waals surface area contributed by atoms with Crippen LogP contribution in [-0.4, -0.2) is 9.97 Å². The molecule has 0 atom stereocenters. The van der Waals surface area contributed by atoms with E-state index >= 15 is 0 Å². The van der Waals surface area contributed by atoms with Crippen molar-refractivity contribution in [1.82, 2.24) is 9.97 Å². The van der Waals surface area contributed by atoms with Crippen LogP contribution in [0, 0.1) is 0 Å². The Morgan fingerprint density at radius 2 is 0.565 bits per heavy atom. The van der Waals surface area contributed by atoms with Gasteiger partial charge in [-0.2, -0.15) is 0 Å². The van der Waals surface area contributed by atoms with E-state index in [2.05, 4.69) is 218 Å². The summed E-state index contributed by atoms with van der Waals surface area (Å²) < 4.78 is 0. The lowest BCUT2D eigenvalue weighted by atomic mass is 9.87. The molecule has 2 heterocycles. The molecule has 13 aromatic rings. The molecule has 0 aliphatic heterocycles. The number of aromatic nitrogens is 2. The third-order valence-electron chi connectivity index (χ3n) is 12.9. The highest BCUT2D eigenvalue weighted by Gasteiger charge is 2.22. The maximum Gasteiger partial charge on any atom is 0.0979 e. The molecular formula is C60H36N2. The van der Waals surface area contributed by atoms with Gasteiger partial charge in [-0.3, -0.25) is 0 Å². The zero-order valence-electron chi connectivity index (χ0n) is 33.7. The lowest BCUT2D eigenvalue weighted by Gasteiger charge is -2.19. The van der Waals surface area contributed by atoms with Crippen LogP contribution in [0.1, 0.15) is 0 Å². The highest BCUT2D eigenvalue weighted by molar-refractivity contribution is 6.22. The van der Waals surface area contributed by atoms with Crippen LogP contribution in [-0.2, 0) is 0 Å². The highest BCUT2D eigenvalue weighted by Crippen LogP contribution is 2.46. The molecule has 0 bridgehead atoms. The second-order valence-corrected chi connectivity index (χ2v) is 16.4. The summed E-state index contributed by atoms with van der Waals surface area (Å²) in [6.07, 6.45) is 0. The van der Waals surface area contributed by atoms with Gasteiger partial charge in [0.1, 0.15) is 0 Å². The Morgan fingerprint density at radius 3 is 0.968 bits per heavy atom. The summed E-state index contributed by atoms with van der Waals surface area (Å²) >= 11 is 0. The van der Waals surface area contributed by atoms with Crippen molar-refractivity contribution in [2.75, 3.05) is 0 Å². The van der Waals surface area contributed by atoms with Gasteiger partial charge in [-0.05, 0) is 148 Å². The summed E-state index contributed by atoms with van der Waals surface area (Å²) in [4.78, 5) is 11.5. The number of nitrogens with zero attached hydrogens (tertiary/aromatic N) is 2. The van der Waals surface area contributed by atoms with Crippen LogP contribution in [0.5, 0.6) is 0 Å². The molecule has 0 radical (unpaired) electrons. The maximum atomic E-state index is 5.76. The monoisotopic (exact) mass is 784 g/mol. The number of hydrogen-bond acceptors (Lipinski definition) is 2. The first-order valence-electron chi connectivity index (χ1n) is 21.3. The third-order valence-corrected chi connectivity index (χ3v) is 12.9. The molecule has 2 nitrogen and oxygen atoms in total. The Labute approximate surface area is 358 Å². The van der Waals surface area contributed by atoms with Gasteiger partial charge in [-0.1, -0.05) is 158 Å². The lowest BCUT2D eigenvalue weighted by Crippen LogP contribution is -1.97. The van der Waals surface area contributed by atoms with E-state index in [1.54, 1.807) is 0 Å². The molecule has 0 aliphatic rings. The average molecular weight is 785 g/mol. The molecule has 2 heteroatoms. The fourth-order valence-corrected chi connectivity index (χ4v) is 10.1. The van der Waals surface area contributed by atoms with Crippen LogP contribution >= 0.6 is 0 Å². The molecule has 0 unspecified atom stereocenters. The first-order valence-corrected chi connectivity index (χ1v) is 21.3. The largest absolute Gasteiger partial charge is 0.245 e. The van der Waals surface area contributed by atoms with Crippen LogP contribution in [0.15, 0.2) is 218 Å². The van der Waals surface area contributed by atoms with Gasteiger partial charge >= 0.3 is 0 Å². The topological polar surface area (TPSA) is 25.8 Å². The highest BCUT2D eigenvalue weighted by atomic mass is 14.8. The summed E-state index contributed by atoms with van der Waals surface area (Å²) in [5.41, 5.74) is 10.4. The van der Waals surface area contributed by atoms with E-state index in [-0.39, 0.29) is 0 Å². The second-order valence-electron chi connectivity index (χ2n) is 16.4. The van der Waals surface area contributed by atoms with E-state index in [1.807, 2.05) is 0 Å². The first kappa shape index (κ1) is 34.6. The zero-order chi connectivity index (χ0) is 40.7. The van der Waals surface area contributed by atoms with E-state index in [0.717, 1.165) is 66.6 Å². The standard InChI is InChI=1S/C60H36N2/c1-3-15-37(16-4-1)57-47-27-29-55(53-35-43-23-11-13-25-45(43)49-31-39-19-7-9-21-41(39)33-51(49)53)61-59(47)60-48(58(57)38-17-5-2-6-18-38)28-30-56(62-60)54-36-44-24-12-14-26-46(44)50-32-40-20-8-10-22-42(40)34-52(50)54/h1-36H. The van der Waals surface area contributed by atoms with Gasteiger partial charge in [-0.25, -0.2) is 9.97 Å². The Balaban J connectivity index is 1.17. The van der Waals surface area contributed by atoms with Gasteiger partial charge in [0.15, 0.2) is 0 Å². The Kier molecular flexibility index (Phi) is 7.64. The van der Waals surface area contributed by atoms with Crippen molar-refractivity contribution in [3.8, 4) is 44.8 Å². The maximum absolute atomic E-state index is 5.76. The Morgan fingerprint density at radius 1 is 0.226 bits per heavy atom. The molecule has 62 heavy (non-hydrogen) atoms. The van der Waals surface area contributed by atoms with Crippen LogP contribution in [0.25, 0.3) is 131 Å². The molecule has 0 fully saturated rings. The fraction of sp³-hybridized carbons (Fsp3) is 0. The van der Waals surface area contributed by atoms with Crippen molar-refractivity contribution in [2.24, 2.45) is 0 Å². The Bertz CT molecular complexity index is 3700. The molecule has 2 aromatic heterocycles. The quantitative estimate of drug-likeness (QED) is 0.131. The molecule has 0 aliphatic carbocycles. The Hall–Kier alpha value is -8.20. The van der Waals surface area contributed by atoms with Gasteiger partial charge in [0.05, 0.1) is 22.4 Å². The van der Waals surface area contributed by atoms with Gasteiger partial charge in [-0.15, -0.1) is 0 Å². The number of rotatable bonds is 4. The van der Waals surface area contributed by atoms with Crippen molar-refractivity contribution >= 4 is 86.4 Å². The van der Waals surface area contributed by atoms with Gasteiger partial charge in [0.2, 0.25) is 0 Å². The van der Waals surface area contributed by atoms with Crippen LogP contribution < -0.4 is 0 Å². The van der Waals surface area contributed by atoms with Crippen molar-refractivity contribution in [2.45, 2.75) is 0 Å². The smallest absolute Gasteiger partial charge is 0.0979 e. The normalized spacial score (nSPS) is 11.9. The fourth-order valence-electron chi connectivity index (χ4n) is 10.1. The molecule has 0 amide bonds. The minimum atomic E-state index is 0.885. The summed E-state index contributed by atoms with van der Waals surface area (Å²) in [5, 5.41) is 16.7. The third kappa shape index (κ3) is 5.37. The number of hydrogen-bond donors (Lipinski definition) is 0. The molecule has 0 spiro atoms. The first-order chi connectivity index (χ1) is 30.7. The van der Waals surface area contributed by atoms with Gasteiger partial charge in [0.25, 0.3) is 0 Å². The molecule has 0 saturated carbocycles. The summed E-state index contributed by atoms with van der Waals surface area (Å²) in [5.74, 6) is 0. The van der Waals surface area contributed by atoms with E-state index < -0.39 is 0 Å². The molecule has 0 saturated heterocycles. The van der Waals surface area contributed by atoms with Crippen molar-refractivity contribution in [1.29, 1.82) is 0 Å². The average Bonchev–Trinajstić information content (AvgIpc) is 3.34. The number of pyridine rings is 2. The van der Waals surface area contributed by atoms with E-state index in [1.165, 1.54) is 64.6 Å². The molecule has 11 aromatic carbocycles. The van der Waals surface area contributed by atoms with E-state index in [4.69, 9.17) is 9.97 Å².